The van der Waals surface area contributed by atoms with Crippen molar-refractivity contribution in [3.63, 3.8) is 0 Å². The van der Waals surface area contributed by atoms with Gasteiger partial charge in [0, 0.05) is 24.7 Å². The van der Waals surface area contributed by atoms with E-state index in [1.807, 2.05) is 41.3 Å². The summed E-state index contributed by atoms with van der Waals surface area (Å²) in [6.07, 6.45) is 1.48. The third kappa shape index (κ3) is 4.79. The Morgan fingerprint density at radius 3 is 2.58 bits per heavy atom. The summed E-state index contributed by atoms with van der Waals surface area (Å²) in [5, 5.41) is 11.2. The number of anilines is 2. The number of carbonyl (C=O) groups excluding carboxylic acids is 1. The smallest absolute Gasteiger partial charge is 0.229 e. The Labute approximate surface area is 178 Å². The summed E-state index contributed by atoms with van der Waals surface area (Å²) < 4.78 is 32.1. The standard InChI is InChI=1S/C23H22F2N4O2/c1-31-18-7-4-15(5-8-18)20-10-11-22(28-27-20)29-12-2-3-16(14-29)23(30)26-21-9-6-17(24)13-19(21)25/h4-11,13,16H,2-3,12,14H2,1H3,(H,26,30). The van der Waals surface area contributed by atoms with Crippen LogP contribution in [0, 0.1) is 17.6 Å². The van der Waals surface area contributed by atoms with Crippen molar-refractivity contribution >= 4 is 17.4 Å². The zero-order valence-electron chi connectivity index (χ0n) is 17.0. The topological polar surface area (TPSA) is 67.3 Å². The van der Waals surface area contributed by atoms with Gasteiger partial charge in [0.15, 0.2) is 5.82 Å². The lowest BCUT2D eigenvalue weighted by molar-refractivity contribution is -0.120. The van der Waals surface area contributed by atoms with Gasteiger partial charge in [0.2, 0.25) is 5.91 Å². The number of amides is 1. The monoisotopic (exact) mass is 424 g/mol. The zero-order valence-corrected chi connectivity index (χ0v) is 17.0. The Hall–Kier alpha value is -3.55. The van der Waals surface area contributed by atoms with Crippen molar-refractivity contribution < 1.29 is 18.3 Å². The summed E-state index contributed by atoms with van der Waals surface area (Å²) >= 11 is 0. The van der Waals surface area contributed by atoms with Crippen LogP contribution in [0.3, 0.4) is 0 Å². The first kappa shape index (κ1) is 20.7. The molecule has 1 amide bonds. The number of carbonyl (C=O) groups is 1. The van der Waals surface area contributed by atoms with Crippen LogP contribution in [0.5, 0.6) is 5.75 Å². The first-order valence-electron chi connectivity index (χ1n) is 10.0. The minimum absolute atomic E-state index is 0.0211. The van der Waals surface area contributed by atoms with E-state index < -0.39 is 11.6 Å². The summed E-state index contributed by atoms with van der Waals surface area (Å²) in [4.78, 5) is 14.6. The van der Waals surface area contributed by atoms with E-state index in [0.717, 1.165) is 42.1 Å². The molecule has 1 aliphatic rings. The minimum atomic E-state index is -0.791. The van der Waals surface area contributed by atoms with Gasteiger partial charge in [-0.05, 0) is 61.4 Å². The van der Waals surface area contributed by atoms with Gasteiger partial charge >= 0.3 is 0 Å². The van der Waals surface area contributed by atoms with Crippen molar-refractivity contribution in [1.82, 2.24) is 10.2 Å². The second-order valence-electron chi connectivity index (χ2n) is 7.40. The number of methoxy groups -OCH3 is 1. The van der Waals surface area contributed by atoms with Crippen molar-refractivity contribution in [2.45, 2.75) is 12.8 Å². The average Bonchev–Trinajstić information content (AvgIpc) is 2.81. The van der Waals surface area contributed by atoms with E-state index in [-0.39, 0.29) is 17.5 Å². The third-order valence-electron chi connectivity index (χ3n) is 5.34. The van der Waals surface area contributed by atoms with Crippen LogP contribution in [0.4, 0.5) is 20.3 Å². The molecule has 0 spiro atoms. The maximum Gasteiger partial charge on any atom is 0.229 e. The van der Waals surface area contributed by atoms with Crippen LogP contribution < -0.4 is 15.0 Å². The van der Waals surface area contributed by atoms with Gasteiger partial charge in [0.25, 0.3) is 0 Å². The zero-order chi connectivity index (χ0) is 21.8. The third-order valence-corrected chi connectivity index (χ3v) is 5.34. The molecule has 2 aromatic carbocycles. The fraction of sp³-hybridized carbons (Fsp3) is 0.261. The maximum atomic E-state index is 13.8. The van der Waals surface area contributed by atoms with Gasteiger partial charge in [-0.2, -0.15) is 0 Å². The van der Waals surface area contributed by atoms with Crippen molar-refractivity contribution in [3.8, 4) is 17.0 Å². The number of nitrogens with zero attached hydrogens (tertiary/aromatic N) is 3. The molecule has 8 heteroatoms. The molecule has 1 aromatic heterocycles. The van der Waals surface area contributed by atoms with Gasteiger partial charge in [0.1, 0.15) is 17.4 Å². The van der Waals surface area contributed by atoms with Crippen LogP contribution in [0.25, 0.3) is 11.3 Å². The highest BCUT2D eigenvalue weighted by Crippen LogP contribution is 2.25. The van der Waals surface area contributed by atoms with Gasteiger partial charge in [-0.15, -0.1) is 10.2 Å². The molecule has 0 radical (unpaired) electrons. The molecule has 1 saturated heterocycles. The number of benzene rings is 2. The van der Waals surface area contributed by atoms with Gasteiger partial charge in [0.05, 0.1) is 24.4 Å². The number of ether oxygens (including phenoxy) is 1. The lowest BCUT2D eigenvalue weighted by atomic mass is 9.97. The van der Waals surface area contributed by atoms with E-state index in [9.17, 15) is 13.6 Å². The molecule has 2 heterocycles. The number of nitrogens with one attached hydrogen (secondary N) is 1. The summed E-state index contributed by atoms with van der Waals surface area (Å²) in [7, 11) is 1.62. The SMILES string of the molecule is COc1ccc(-c2ccc(N3CCCC(C(=O)Nc4ccc(F)cc4F)C3)nn2)cc1. The van der Waals surface area contributed by atoms with E-state index in [2.05, 4.69) is 15.5 Å². The highest BCUT2D eigenvalue weighted by atomic mass is 19.1. The number of halogens is 2. The summed E-state index contributed by atoms with van der Waals surface area (Å²) in [6, 6.07) is 14.4. The Morgan fingerprint density at radius 1 is 1.10 bits per heavy atom. The molecule has 1 aliphatic heterocycles. The molecular weight excluding hydrogens is 402 g/mol. The van der Waals surface area contributed by atoms with Gasteiger partial charge < -0.3 is 15.0 Å². The summed E-state index contributed by atoms with van der Waals surface area (Å²) in [5.74, 6) is -0.648. The van der Waals surface area contributed by atoms with Gasteiger partial charge in [-0.1, -0.05) is 0 Å². The molecule has 160 valence electrons. The van der Waals surface area contributed by atoms with Crippen molar-refractivity contribution in [2.24, 2.45) is 5.92 Å². The average molecular weight is 424 g/mol. The molecule has 0 aliphatic carbocycles. The van der Waals surface area contributed by atoms with Gasteiger partial charge in [-0.3, -0.25) is 4.79 Å². The van der Waals surface area contributed by atoms with Crippen LogP contribution in [0.1, 0.15) is 12.8 Å². The molecule has 3 aromatic rings. The van der Waals surface area contributed by atoms with Crippen LogP contribution in [-0.2, 0) is 4.79 Å². The normalized spacial score (nSPS) is 16.1. The van der Waals surface area contributed by atoms with Crippen LogP contribution in [0.15, 0.2) is 54.6 Å². The molecule has 6 nitrogen and oxygen atoms in total. The number of hydrogen-bond acceptors (Lipinski definition) is 5. The Balaban J connectivity index is 1.42. The Morgan fingerprint density at radius 2 is 1.90 bits per heavy atom. The summed E-state index contributed by atoms with van der Waals surface area (Å²) in [6.45, 7) is 1.20. The molecular formula is C23H22F2N4O2. The van der Waals surface area contributed by atoms with E-state index in [1.165, 1.54) is 6.07 Å². The Bertz CT molecular complexity index is 1060. The molecule has 0 saturated carbocycles. The first-order chi connectivity index (χ1) is 15.0. The lowest BCUT2D eigenvalue weighted by Crippen LogP contribution is -2.41. The second kappa shape index (κ2) is 9.07. The summed E-state index contributed by atoms with van der Waals surface area (Å²) in [5.41, 5.74) is 1.65. The number of aromatic nitrogens is 2. The second-order valence-corrected chi connectivity index (χ2v) is 7.40. The molecule has 0 bridgehead atoms. The predicted molar refractivity (Wildman–Crippen MR) is 114 cm³/mol. The number of piperidine rings is 1. The maximum absolute atomic E-state index is 13.8. The van der Waals surface area contributed by atoms with Crippen LogP contribution >= 0.6 is 0 Å². The van der Waals surface area contributed by atoms with Gasteiger partial charge in [-0.25, -0.2) is 8.78 Å². The van der Waals surface area contributed by atoms with Crippen molar-refractivity contribution in [3.05, 3.63) is 66.2 Å². The highest BCUT2D eigenvalue weighted by Gasteiger charge is 2.27. The lowest BCUT2D eigenvalue weighted by Gasteiger charge is -2.32. The van der Waals surface area contributed by atoms with E-state index in [4.69, 9.17) is 4.74 Å². The fourth-order valence-corrected chi connectivity index (χ4v) is 3.63. The minimum Gasteiger partial charge on any atom is -0.497 e. The Kier molecular flexibility index (Phi) is 6.06. The fourth-order valence-electron chi connectivity index (χ4n) is 3.63. The molecule has 1 atom stereocenters. The highest BCUT2D eigenvalue weighted by molar-refractivity contribution is 5.93. The van der Waals surface area contributed by atoms with Crippen molar-refractivity contribution in [1.29, 1.82) is 0 Å². The molecule has 4 rings (SSSR count). The quantitative estimate of drug-likeness (QED) is 0.662. The number of hydrogen-bond donors (Lipinski definition) is 1. The molecule has 1 N–H and O–H groups in total. The molecule has 1 fully saturated rings. The molecule has 31 heavy (non-hydrogen) atoms. The largest absolute Gasteiger partial charge is 0.497 e. The first-order valence-corrected chi connectivity index (χ1v) is 10.0. The van der Waals surface area contributed by atoms with E-state index in [0.29, 0.717) is 18.8 Å². The van der Waals surface area contributed by atoms with E-state index >= 15 is 0 Å². The number of rotatable bonds is 5. The van der Waals surface area contributed by atoms with Crippen LogP contribution in [0.2, 0.25) is 0 Å². The van der Waals surface area contributed by atoms with Crippen molar-refractivity contribution in [2.75, 3.05) is 30.4 Å². The molecule has 1 unspecified atom stereocenters. The van der Waals surface area contributed by atoms with E-state index in [1.54, 1.807) is 7.11 Å². The predicted octanol–water partition coefficient (Wildman–Crippen LogP) is 4.29. The van der Waals surface area contributed by atoms with Crippen LogP contribution in [-0.4, -0.2) is 36.3 Å².